The zero-order valence-electron chi connectivity index (χ0n) is 16.1. The molecule has 0 aliphatic rings. The lowest BCUT2D eigenvalue weighted by atomic mass is 10.1. The van der Waals surface area contributed by atoms with Crippen molar-refractivity contribution in [2.75, 3.05) is 10.0 Å². The number of hydrogen-bond acceptors (Lipinski definition) is 4. The number of aryl methyl sites for hydroxylation is 2. The summed E-state index contributed by atoms with van der Waals surface area (Å²) in [7, 11) is -3.74. The molecule has 0 bridgehead atoms. The molecule has 0 aliphatic heterocycles. The van der Waals surface area contributed by atoms with Gasteiger partial charge in [0, 0.05) is 24.6 Å². The molecule has 3 N–H and O–H groups in total. The van der Waals surface area contributed by atoms with Gasteiger partial charge in [-0.15, -0.1) is 0 Å². The van der Waals surface area contributed by atoms with Gasteiger partial charge in [-0.2, -0.15) is 0 Å². The summed E-state index contributed by atoms with van der Waals surface area (Å²) in [6.07, 6.45) is 3.33. The average Bonchev–Trinajstić information content (AvgIpc) is 2.71. The number of rotatable bonds is 6. The van der Waals surface area contributed by atoms with Crippen molar-refractivity contribution in [3.63, 3.8) is 0 Å². The summed E-state index contributed by atoms with van der Waals surface area (Å²) in [5.41, 5.74) is 3.63. The third-order valence-electron chi connectivity index (χ3n) is 4.32. The van der Waals surface area contributed by atoms with Gasteiger partial charge < -0.3 is 10.6 Å². The van der Waals surface area contributed by atoms with Crippen LogP contribution in [-0.4, -0.2) is 19.4 Å². The van der Waals surface area contributed by atoms with Crippen LogP contribution in [0.5, 0.6) is 0 Å². The minimum Gasteiger partial charge on any atom is -0.334 e. The molecular weight excluding hydrogens is 388 g/mol. The Bertz CT molecular complexity index is 1080. The van der Waals surface area contributed by atoms with E-state index in [1.54, 1.807) is 30.6 Å². The Hall–Kier alpha value is -3.39. The molecule has 0 radical (unpaired) electrons. The summed E-state index contributed by atoms with van der Waals surface area (Å²) >= 11 is 0. The van der Waals surface area contributed by atoms with Crippen molar-refractivity contribution >= 4 is 27.4 Å². The second kappa shape index (κ2) is 8.74. The number of nitrogens with zero attached hydrogens (tertiary/aromatic N) is 1. The molecule has 0 spiro atoms. The van der Waals surface area contributed by atoms with E-state index in [4.69, 9.17) is 0 Å². The van der Waals surface area contributed by atoms with Crippen molar-refractivity contribution in [1.29, 1.82) is 0 Å². The number of para-hydroxylation sites is 1. The third-order valence-corrected chi connectivity index (χ3v) is 5.68. The second-order valence-corrected chi connectivity index (χ2v) is 8.25. The van der Waals surface area contributed by atoms with Gasteiger partial charge in [-0.05, 0) is 60.9 Å². The highest BCUT2D eigenvalue weighted by Gasteiger charge is 2.16. The molecule has 0 saturated heterocycles. The number of carbonyl (C=O) groups is 1. The maximum absolute atomic E-state index is 12.7. The fourth-order valence-electron chi connectivity index (χ4n) is 2.75. The number of sulfonamides is 1. The summed E-state index contributed by atoms with van der Waals surface area (Å²) in [6.45, 7) is 4.04. The van der Waals surface area contributed by atoms with Crippen LogP contribution in [0.2, 0.25) is 0 Å². The van der Waals surface area contributed by atoms with E-state index in [0.29, 0.717) is 17.9 Å². The summed E-state index contributed by atoms with van der Waals surface area (Å²) < 4.78 is 28.0. The number of nitrogens with one attached hydrogen (secondary N) is 3. The number of urea groups is 1. The van der Waals surface area contributed by atoms with Gasteiger partial charge in [0.1, 0.15) is 0 Å². The monoisotopic (exact) mass is 410 g/mol. The summed E-state index contributed by atoms with van der Waals surface area (Å²) in [5.74, 6) is 0. The molecular formula is C21H22N4O3S. The first-order valence-corrected chi connectivity index (χ1v) is 10.5. The van der Waals surface area contributed by atoms with Gasteiger partial charge in [-0.1, -0.05) is 24.3 Å². The highest BCUT2D eigenvalue weighted by Crippen LogP contribution is 2.24. The summed E-state index contributed by atoms with van der Waals surface area (Å²) in [4.78, 5) is 16.1. The van der Waals surface area contributed by atoms with Gasteiger partial charge in [0.25, 0.3) is 10.0 Å². The molecule has 8 heteroatoms. The Morgan fingerprint density at radius 2 is 1.66 bits per heavy atom. The Morgan fingerprint density at radius 3 is 2.28 bits per heavy atom. The first kappa shape index (κ1) is 20.3. The number of hydrogen-bond donors (Lipinski definition) is 3. The zero-order chi connectivity index (χ0) is 20.9. The van der Waals surface area contributed by atoms with E-state index in [2.05, 4.69) is 20.3 Å². The van der Waals surface area contributed by atoms with Crippen LogP contribution < -0.4 is 15.4 Å². The van der Waals surface area contributed by atoms with Crippen LogP contribution >= 0.6 is 0 Å². The van der Waals surface area contributed by atoms with Crippen molar-refractivity contribution in [2.24, 2.45) is 0 Å². The van der Waals surface area contributed by atoms with Gasteiger partial charge in [0.2, 0.25) is 0 Å². The molecule has 2 amide bonds. The smallest absolute Gasteiger partial charge is 0.319 e. The van der Waals surface area contributed by atoms with Crippen LogP contribution in [0, 0.1) is 13.8 Å². The highest BCUT2D eigenvalue weighted by molar-refractivity contribution is 7.92. The maximum Gasteiger partial charge on any atom is 0.319 e. The van der Waals surface area contributed by atoms with Gasteiger partial charge in [0.15, 0.2) is 0 Å². The first-order chi connectivity index (χ1) is 13.8. The first-order valence-electron chi connectivity index (χ1n) is 8.98. The molecule has 150 valence electrons. The standard InChI is InChI=1S/C21H22N4O3S/c1-15-5-3-6-16(2)20(15)25-29(27,28)19-10-8-18(9-11-19)24-21(26)23-14-17-7-4-12-22-13-17/h3-13,25H,14H2,1-2H3,(H2,23,24,26). The number of amides is 2. The quantitative estimate of drug-likeness (QED) is 0.575. The topological polar surface area (TPSA) is 100 Å². The SMILES string of the molecule is Cc1cccc(C)c1NS(=O)(=O)c1ccc(NC(=O)NCc2cccnc2)cc1. The van der Waals surface area contributed by atoms with Crippen molar-refractivity contribution in [3.05, 3.63) is 83.7 Å². The molecule has 0 saturated carbocycles. The van der Waals surface area contributed by atoms with Crippen LogP contribution in [0.15, 0.2) is 71.9 Å². The number of carbonyl (C=O) groups excluding carboxylic acids is 1. The van der Waals surface area contributed by atoms with Crippen molar-refractivity contribution < 1.29 is 13.2 Å². The molecule has 1 aromatic heterocycles. The van der Waals surface area contributed by atoms with Crippen LogP contribution in [0.3, 0.4) is 0 Å². The van der Waals surface area contributed by atoms with E-state index in [0.717, 1.165) is 16.7 Å². The van der Waals surface area contributed by atoms with E-state index >= 15 is 0 Å². The fourth-order valence-corrected chi connectivity index (χ4v) is 3.95. The molecule has 3 rings (SSSR count). The molecule has 0 aliphatic carbocycles. The molecule has 2 aromatic carbocycles. The van der Waals surface area contributed by atoms with Gasteiger partial charge in [-0.3, -0.25) is 9.71 Å². The highest BCUT2D eigenvalue weighted by atomic mass is 32.2. The largest absolute Gasteiger partial charge is 0.334 e. The number of pyridine rings is 1. The lowest BCUT2D eigenvalue weighted by Crippen LogP contribution is -2.28. The van der Waals surface area contributed by atoms with Crippen LogP contribution in [0.25, 0.3) is 0 Å². The second-order valence-electron chi connectivity index (χ2n) is 6.57. The predicted octanol–water partition coefficient (Wildman–Crippen LogP) is 3.82. The van der Waals surface area contributed by atoms with E-state index in [1.807, 2.05) is 38.1 Å². The fraction of sp³-hybridized carbons (Fsp3) is 0.143. The molecule has 0 atom stereocenters. The molecule has 0 fully saturated rings. The van der Waals surface area contributed by atoms with Crippen molar-refractivity contribution in [1.82, 2.24) is 10.3 Å². The number of anilines is 2. The summed E-state index contributed by atoms with van der Waals surface area (Å²) in [5, 5.41) is 5.39. The zero-order valence-corrected chi connectivity index (χ0v) is 17.0. The Morgan fingerprint density at radius 1 is 0.966 bits per heavy atom. The maximum atomic E-state index is 12.7. The lowest BCUT2D eigenvalue weighted by Gasteiger charge is -2.13. The number of aromatic nitrogens is 1. The van der Waals surface area contributed by atoms with E-state index in [9.17, 15) is 13.2 Å². The molecule has 7 nitrogen and oxygen atoms in total. The molecule has 0 unspecified atom stereocenters. The van der Waals surface area contributed by atoms with Crippen LogP contribution in [0.4, 0.5) is 16.2 Å². The average molecular weight is 410 g/mol. The molecule has 3 aromatic rings. The molecule has 1 heterocycles. The van der Waals surface area contributed by atoms with Crippen LogP contribution in [0.1, 0.15) is 16.7 Å². The van der Waals surface area contributed by atoms with Crippen molar-refractivity contribution in [2.45, 2.75) is 25.3 Å². The Kier molecular flexibility index (Phi) is 6.13. The van der Waals surface area contributed by atoms with E-state index in [1.165, 1.54) is 12.1 Å². The predicted molar refractivity (Wildman–Crippen MR) is 113 cm³/mol. The van der Waals surface area contributed by atoms with Crippen LogP contribution in [-0.2, 0) is 16.6 Å². The summed E-state index contributed by atoms with van der Waals surface area (Å²) in [6, 6.07) is 14.8. The van der Waals surface area contributed by atoms with E-state index < -0.39 is 16.1 Å². The van der Waals surface area contributed by atoms with Gasteiger partial charge >= 0.3 is 6.03 Å². The number of benzene rings is 2. The molecule has 29 heavy (non-hydrogen) atoms. The Labute approximate surface area is 170 Å². The van der Waals surface area contributed by atoms with E-state index in [-0.39, 0.29) is 4.90 Å². The minimum atomic E-state index is -3.74. The normalized spacial score (nSPS) is 11.0. The lowest BCUT2D eigenvalue weighted by molar-refractivity contribution is 0.251. The van der Waals surface area contributed by atoms with Gasteiger partial charge in [-0.25, -0.2) is 13.2 Å². The van der Waals surface area contributed by atoms with Gasteiger partial charge in [0.05, 0.1) is 10.6 Å². The minimum absolute atomic E-state index is 0.112. The van der Waals surface area contributed by atoms with Crippen molar-refractivity contribution in [3.8, 4) is 0 Å². The third kappa shape index (κ3) is 5.32. The Balaban J connectivity index is 1.64.